The Labute approximate surface area is 202 Å². The highest BCUT2D eigenvalue weighted by molar-refractivity contribution is 7.99. The van der Waals surface area contributed by atoms with Crippen molar-refractivity contribution >= 4 is 55.1 Å². The van der Waals surface area contributed by atoms with E-state index in [1.165, 1.54) is 47.4 Å². The number of thiophene rings is 1. The maximum absolute atomic E-state index is 13.5. The summed E-state index contributed by atoms with van der Waals surface area (Å²) in [6.07, 6.45) is 1.69. The van der Waals surface area contributed by atoms with E-state index in [1.54, 1.807) is 10.8 Å². The highest BCUT2D eigenvalue weighted by Crippen LogP contribution is 2.30. The Morgan fingerprint density at radius 3 is 2.65 bits per heavy atom. The first-order chi connectivity index (χ1) is 16.5. The summed E-state index contributed by atoms with van der Waals surface area (Å²) in [6, 6.07) is 17.2. The highest BCUT2D eigenvalue weighted by Gasteiger charge is 2.18. The molecule has 0 aliphatic carbocycles. The lowest BCUT2D eigenvalue weighted by molar-refractivity contribution is -0.113. The number of aromatic nitrogens is 3. The van der Waals surface area contributed by atoms with E-state index >= 15 is 0 Å². The van der Waals surface area contributed by atoms with Crippen LogP contribution in [0.3, 0.4) is 0 Å². The molecule has 1 amide bonds. The van der Waals surface area contributed by atoms with Gasteiger partial charge in [-0.1, -0.05) is 41.6 Å². The molecule has 0 aliphatic heterocycles. The molecule has 0 radical (unpaired) electrons. The van der Waals surface area contributed by atoms with Crippen LogP contribution in [0, 0.1) is 12.7 Å². The Balaban J connectivity index is 1.50. The molecule has 3 aromatic heterocycles. The number of benzene rings is 2. The molecular weight excluding hydrogens is 471 g/mol. The third-order valence-corrected chi connectivity index (χ3v) is 7.31. The lowest BCUT2D eigenvalue weighted by atomic mass is 10.1. The third-order valence-electron chi connectivity index (χ3n) is 5.24. The van der Waals surface area contributed by atoms with Crippen molar-refractivity contribution in [2.45, 2.75) is 18.6 Å². The van der Waals surface area contributed by atoms with Gasteiger partial charge in [-0.2, -0.15) is 0 Å². The number of pyridine rings is 1. The minimum absolute atomic E-state index is 0.0452. The molecule has 0 bridgehead atoms. The number of anilines is 1. The topological polar surface area (TPSA) is 76.9 Å². The van der Waals surface area contributed by atoms with Gasteiger partial charge in [0.2, 0.25) is 5.91 Å². The first-order valence-electron chi connectivity index (χ1n) is 10.5. The summed E-state index contributed by atoms with van der Waals surface area (Å²) < 4.78 is 15.3. The minimum atomic E-state index is -0.373. The second-order valence-electron chi connectivity index (χ2n) is 7.75. The van der Waals surface area contributed by atoms with E-state index in [-0.39, 0.29) is 23.0 Å². The largest absolute Gasteiger partial charge is 0.325 e. The molecule has 0 saturated heterocycles. The second kappa shape index (κ2) is 9.36. The van der Waals surface area contributed by atoms with Crippen LogP contribution in [0.15, 0.2) is 76.8 Å². The number of carbonyl (C=O) groups excluding carboxylic acids is 1. The summed E-state index contributed by atoms with van der Waals surface area (Å²) in [5, 5.41) is 4.02. The summed E-state index contributed by atoms with van der Waals surface area (Å²) in [4.78, 5) is 36.0. The van der Waals surface area contributed by atoms with Crippen LogP contribution in [0.2, 0.25) is 0 Å². The standard InChI is InChI=1S/C25H19FN4O2S2/c1-15-4-6-16(7-5-15)13-30-24(32)22-21(19-3-2-12-27-23(19)34-22)29-25(30)33-14-20(31)28-18-10-8-17(26)9-11-18/h2-12H,13-14H2,1H3,(H,28,31). The van der Waals surface area contributed by atoms with Crippen molar-refractivity contribution in [1.29, 1.82) is 0 Å². The number of nitrogens with one attached hydrogen (secondary N) is 1. The number of carbonyl (C=O) groups is 1. The molecule has 9 heteroatoms. The summed E-state index contributed by atoms with van der Waals surface area (Å²) in [7, 11) is 0. The van der Waals surface area contributed by atoms with Crippen LogP contribution in [-0.4, -0.2) is 26.2 Å². The average Bonchev–Trinajstić information content (AvgIpc) is 3.21. The van der Waals surface area contributed by atoms with E-state index in [9.17, 15) is 14.0 Å². The van der Waals surface area contributed by atoms with Crippen LogP contribution in [-0.2, 0) is 11.3 Å². The Bertz CT molecular complexity index is 1560. The fourth-order valence-electron chi connectivity index (χ4n) is 3.53. The monoisotopic (exact) mass is 490 g/mol. The number of aryl methyl sites for hydroxylation is 1. The molecule has 170 valence electrons. The van der Waals surface area contributed by atoms with Crippen molar-refractivity contribution in [3.63, 3.8) is 0 Å². The van der Waals surface area contributed by atoms with Gasteiger partial charge < -0.3 is 5.32 Å². The summed E-state index contributed by atoms with van der Waals surface area (Å²) in [5.74, 6) is -0.601. The molecule has 34 heavy (non-hydrogen) atoms. The van der Waals surface area contributed by atoms with Crippen molar-refractivity contribution in [3.05, 3.63) is 94.2 Å². The SMILES string of the molecule is Cc1ccc(Cn2c(SCC(=O)Nc3ccc(F)cc3)nc3c(sc4ncccc43)c2=O)cc1. The average molecular weight is 491 g/mol. The third kappa shape index (κ3) is 4.57. The van der Waals surface area contributed by atoms with Gasteiger partial charge in [0.1, 0.15) is 15.3 Å². The van der Waals surface area contributed by atoms with Crippen molar-refractivity contribution in [3.8, 4) is 0 Å². The Morgan fingerprint density at radius 1 is 1.12 bits per heavy atom. The van der Waals surface area contributed by atoms with Crippen LogP contribution in [0.25, 0.3) is 20.4 Å². The molecule has 2 aromatic carbocycles. The van der Waals surface area contributed by atoms with Crippen LogP contribution >= 0.6 is 23.1 Å². The fourth-order valence-corrected chi connectivity index (χ4v) is 5.35. The van der Waals surface area contributed by atoms with Crippen molar-refractivity contribution in [1.82, 2.24) is 14.5 Å². The number of hydrogen-bond donors (Lipinski definition) is 1. The van der Waals surface area contributed by atoms with Gasteiger partial charge in [0.15, 0.2) is 5.16 Å². The zero-order valence-electron chi connectivity index (χ0n) is 18.1. The molecule has 1 N–H and O–H groups in total. The molecule has 0 saturated carbocycles. The lowest BCUT2D eigenvalue weighted by Crippen LogP contribution is -2.24. The number of thioether (sulfide) groups is 1. The van der Waals surface area contributed by atoms with Crippen LogP contribution in [0.4, 0.5) is 10.1 Å². The van der Waals surface area contributed by atoms with Crippen molar-refractivity contribution in [2.75, 3.05) is 11.1 Å². The van der Waals surface area contributed by atoms with Crippen LogP contribution in [0.1, 0.15) is 11.1 Å². The number of amides is 1. The number of nitrogens with zero attached hydrogens (tertiary/aromatic N) is 3. The lowest BCUT2D eigenvalue weighted by Gasteiger charge is -2.12. The molecule has 5 aromatic rings. The van der Waals surface area contributed by atoms with Gasteiger partial charge in [0, 0.05) is 17.3 Å². The van der Waals surface area contributed by atoms with E-state index in [1.807, 2.05) is 43.3 Å². The maximum Gasteiger partial charge on any atom is 0.272 e. The van der Waals surface area contributed by atoms with Gasteiger partial charge in [-0.05, 0) is 48.9 Å². The Hall–Kier alpha value is -3.56. The number of hydrogen-bond acceptors (Lipinski definition) is 6. The normalized spacial score (nSPS) is 11.2. The Kier molecular flexibility index (Phi) is 6.12. The smallest absolute Gasteiger partial charge is 0.272 e. The van der Waals surface area contributed by atoms with Gasteiger partial charge >= 0.3 is 0 Å². The Morgan fingerprint density at radius 2 is 1.88 bits per heavy atom. The molecule has 0 unspecified atom stereocenters. The molecule has 5 rings (SSSR count). The van der Waals surface area contributed by atoms with Crippen molar-refractivity contribution in [2.24, 2.45) is 0 Å². The van der Waals surface area contributed by atoms with Gasteiger partial charge in [-0.3, -0.25) is 14.2 Å². The second-order valence-corrected chi connectivity index (χ2v) is 9.69. The molecule has 0 spiro atoms. The van der Waals surface area contributed by atoms with Gasteiger partial charge in [-0.15, -0.1) is 11.3 Å². The molecular formula is C25H19FN4O2S2. The highest BCUT2D eigenvalue weighted by atomic mass is 32.2. The zero-order chi connectivity index (χ0) is 23.7. The van der Waals surface area contributed by atoms with Crippen LogP contribution < -0.4 is 10.9 Å². The first-order valence-corrected chi connectivity index (χ1v) is 12.3. The summed E-state index contributed by atoms with van der Waals surface area (Å²) in [6.45, 7) is 2.35. The maximum atomic E-state index is 13.5. The van der Waals surface area contributed by atoms with Gasteiger partial charge in [0.25, 0.3) is 5.56 Å². The van der Waals surface area contributed by atoms with E-state index in [2.05, 4.69) is 10.3 Å². The van der Waals surface area contributed by atoms with Crippen molar-refractivity contribution < 1.29 is 9.18 Å². The quantitative estimate of drug-likeness (QED) is 0.260. The molecule has 6 nitrogen and oxygen atoms in total. The fraction of sp³-hybridized carbons (Fsp3) is 0.120. The predicted molar refractivity (Wildman–Crippen MR) is 135 cm³/mol. The van der Waals surface area contributed by atoms with Crippen LogP contribution in [0.5, 0.6) is 0 Å². The first kappa shape index (κ1) is 22.2. The predicted octanol–water partition coefficient (Wildman–Crippen LogP) is 5.23. The van der Waals surface area contributed by atoms with Gasteiger partial charge in [-0.25, -0.2) is 14.4 Å². The molecule has 0 atom stereocenters. The van der Waals surface area contributed by atoms with E-state index in [0.29, 0.717) is 27.6 Å². The summed E-state index contributed by atoms with van der Waals surface area (Å²) in [5.41, 5.74) is 3.04. The minimum Gasteiger partial charge on any atom is -0.325 e. The van der Waals surface area contributed by atoms with E-state index < -0.39 is 0 Å². The molecule has 0 aliphatic rings. The number of fused-ring (bicyclic) bond motifs is 3. The van der Waals surface area contributed by atoms with Gasteiger partial charge in [0.05, 0.1) is 17.8 Å². The van der Waals surface area contributed by atoms with E-state index in [4.69, 9.17) is 4.98 Å². The summed E-state index contributed by atoms with van der Waals surface area (Å²) >= 11 is 2.52. The number of rotatable bonds is 6. The van der Waals surface area contributed by atoms with E-state index in [0.717, 1.165) is 21.3 Å². The zero-order valence-corrected chi connectivity index (χ0v) is 19.8. The molecule has 0 fully saturated rings. The molecule has 3 heterocycles. The number of halogens is 1.